The molecule has 0 aliphatic carbocycles. The molecule has 2 nitrogen and oxygen atoms in total. The van der Waals surface area contributed by atoms with Gasteiger partial charge in [0.2, 0.25) is 0 Å². The van der Waals surface area contributed by atoms with Crippen molar-refractivity contribution in [2.24, 2.45) is 5.92 Å². The van der Waals surface area contributed by atoms with Gasteiger partial charge in [0.05, 0.1) is 0 Å². The monoisotopic (exact) mass is 257 g/mol. The number of halogens is 2. The average Bonchev–Trinajstić information content (AvgIpc) is 2.29. The van der Waals surface area contributed by atoms with Crippen molar-refractivity contribution in [3.05, 3.63) is 29.8 Å². The summed E-state index contributed by atoms with van der Waals surface area (Å²) >= 11 is 0. The summed E-state index contributed by atoms with van der Waals surface area (Å²) in [6.07, 6.45) is 2.07. The highest BCUT2D eigenvalue weighted by atomic mass is 19.3. The minimum atomic E-state index is -2.77. The highest BCUT2D eigenvalue weighted by molar-refractivity contribution is 5.30. The molecular formula is C14H21F2NO. The summed E-state index contributed by atoms with van der Waals surface area (Å²) in [6.45, 7) is 1.57. The van der Waals surface area contributed by atoms with Crippen molar-refractivity contribution in [2.45, 2.75) is 39.3 Å². The first-order valence-corrected chi connectivity index (χ1v) is 6.25. The Balaban J connectivity index is 2.72. The van der Waals surface area contributed by atoms with E-state index in [9.17, 15) is 8.78 Å². The molecule has 0 aliphatic heterocycles. The molecule has 0 radical (unpaired) electrons. The van der Waals surface area contributed by atoms with Crippen LogP contribution in [0.25, 0.3) is 0 Å². The largest absolute Gasteiger partial charge is 0.435 e. The molecule has 1 N–H and O–H groups in total. The van der Waals surface area contributed by atoms with Crippen LogP contribution >= 0.6 is 0 Å². The van der Waals surface area contributed by atoms with E-state index in [4.69, 9.17) is 0 Å². The fraction of sp³-hybridized carbons (Fsp3) is 0.571. The number of ether oxygens (including phenoxy) is 1. The molecule has 1 atom stereocenters. The molecule has 0 amide bonds. The Labute approximate surface area is 107 Å². The summed E-state index contributed by atoms with van der Waals surface area (Å²) in [6, 6.07) is 7.07. The van der Waals surface area contributed by atoms with Gasteiger partial charge in [-0.15, -0.1) is 0 Å². The van der Waals surface area contributed by atoms with Gasteiger partial charge < -0.3 is 10.1 Å². The lowest BCUT2D eigenvalue weighted by molar-refractivity contribution is -0.0499. The van der Waals surface area contributed by atoms with Gasteiger partial charge in [0.25, 0.3) is 0 Å². The maximum absolute atomic E-state index is 12.2. The van der Waals surface area contributed by atoms with E-state index in [1.807, 2.05) is 13.1 Å². The maximum atomic E-state index is 12.2. The van der Waals surface area contributed by atoms with Gasteiger partial charge in [0.1, 0.15) is 5.75 Å². The Hall–Kier alpha value is -1.16. The number of alkyl halides is 2. The summed E-state index contributed by atoms with van der Waals surface area (Å²) < 4.78 is 28.7. The van der Waals surface area contributed by atoms with Crippen LogP contribution in [-0.4, -0.2) is 13.7 Å². The first-order valence-electron chi connectivity index (χ1n) is 6.25. The van der Waals surface area contributed by atoms with E-state index >= 15 is 0 Å². The van der Waals surface area contributed by atoms with Gasteiger partial charge in [-0.1, -0.05) is 26.0 Å². The first-order chi connectivity index (χ1) is 8.52. The zero-order valence-corrected chi connectivity index (χ0v) is 11.1. The molecule has 1 aromatic carbocycles. The smallest absolute Gasteiger partial charge is 0.387 e. The van der Waals surface area contributed by atoms with Gasteiger partial charge in [-0.05, 0) is 43.5 Å². The summed E-state index contributed by atoms with van der Waals surface area (Å²) in [5, 5.41) is 3.21. The van der Waals surface area contributed by atoms with E-state index in [1.165, 1.54) is 0 Å². The van der Waals surface area contributed by atoms with Crippen molar-refractivity contribution >= 4 is 0 Å². The topological polar surface area (TPSA) is 21.3 Å². The number of benzene rings is 1. The second kappa shape index (κ2) is 7.31. The molecule has 0 spiro atoms. The van der Waals surface area contributed by atoms with E-state index in [0.717, 1.165) is 18.4 Å². The van der Waals surface area contributed by atoms with Gasteiger partial charge >= 0.3 is 6.61 Å². The predicted octanol–water partition coefficient (Wildman–Crippen LogP) is 3.98. The van der Waals surface area contributed by atoms with E-state index in [0.29, 0.717) is 5.92 Å². The summed E-state index contributed by atoms with van der Waals surface area (Å²) in [7, 11) is 1.88. The molecule has 0 aliphatic rings. The second-order valence-electron chi connectivity index (χ2n) is 4.76. The average molecular weight is 257 g/mol. The normalized spacial score (nSPS) is 13.1. The van der Waals surface area contributed by atoms with Gasteiger partial charge in [0, 0.05) is 6.04 Å². The minimum absolute atomic E-state index is 0.175. The number of hydrogen-bond acceptors (Lipinski definition) is 2. The van der Waals surface area contributed by atoms with Gasteiger partial charge in [-0.2, -0.15) is 8.78 Å². The van der Waals surface area contributed by atoms with Crippen LogP contribution in [0.5, 0.6) is 5.75 Å². The fourth-order valence-corrected chi connectivity index (χ4v) is 1.89. The Bertz CT molecular complexity index is 355. The zero-order chi connectivity index (χ0) is 13.5. The lowest BCUT2D eigenvalue weighted by atomic mass is 9.97. The van der Waals surface area contributed by atoms with Crippen molar-refractivity contribution in [1.82, 2.24) is 5.32 Å². The Kier molecular flexibility index (Phi) is 6.05. The fourth-order valence-electron chi connectivity index (χ4n) is 1.89. The van der Waals surface area contributed by atoms with Crippen LogP contribution in [0, 0.1) is 5.92 Å². The number of hydrogen-bond donors (Lipinski definition) is 1. The summed E-state index contributed by atoms with van der Waals surface area (Å²) in [5.74, 6) is 0.841. The molecule has 0 saturated heterocycles. The van der Waals surface area contributed by atoms with Crippen LogP contribution in [0.2, 0.25) is 0 Å². The van der Waals surface area contributed by atoms with E-state index < -0.39 is 6.61 Å². The van der Waals surface area contributed by atoms with E-state index in [1.54, 1.807) is 18.2 Å². The second-order valence-corrected chi connectivity index (χ2v) is 4.76. The van der Waals surface area contributed by atoms with Crippen LogP contribution in [0.4, 0.5) is 8.78 Å². The van der Waals surface area contributed by atoms with Crippen molar-refractivity contribution < 1.29 is 13.5 Å². The molecule has 0 fully saturated rings. The Morgan fingerprint density at radius 2 is 1.94 bits per heavy atom. The third-order valence-electron chi connectivity index (χ3n) is 2.87. The SMILES string of the molecule is CNC(CCC(C)C)c1cccc(OC(F)F)c1. The molecule has 1 aromatic rings. The lowest BCUT2D eigenvalue weighted by Gasteiger charge is -2.18. The molecule has 0 saturated carbocycles. The van der Waals surface area contributed by atoms with Crippen LogP contribution < -0.4 is 10.1 Å². The quantitative estimate of drug-likeness (QED) is 0.797. The van der Waals surface area contributed by atoms with Crippen LogP contribution in [0.15, 0.2) is 24.3 Å². The number of nitrogens with one attached hydrogen (secondary N) is 1. The molecular weight excluding hydrogens is 236 g/mol. The van der Waals surface area contributed by atoms with Gasteiger partial charge in [0.15, 0.2) is 0 Å². The molecule has 18 heavy (non-hydrogen) atoms. The summed E-state index contributed by atoms with van der Waals surface area (Å²) in [5.41, 5.74) is 0.983. The first kappa shape index (κ1) is 14.9. The highest BCUT2D eigenvalue weighted by Gasteiger charge is 2.12. The van der Waals surface area contributed by atoms with E-state index in [-0.39, 0.29) is 11.8 Å². The lowest BCUT2D eigenvalue weighted by Crippen LogP contribution is -2.17. The van der Waals surface area contributed by atoms with Crippen LogP contribution in [-0.2, 0) is 0 Å². The standard InChI is InChI=1S/C14H21F2NO/c1-10(2)7-8-13(17-3)11-5-4-6-12(9-11)18-14(15)16/h4-6,9-10,13-14,17H,7-8H2,1-3H3. The molecule has 0 bridgehead atoms. The van der Waals surface area contributed by atoms with Crippen molar-refractivity contribution in [2.75, 3.05) is 7.05 Å². The molecule has 102 valence electrons. The van der Waals surface area contributed by atoms with Crippen LogP contribution in [0.1, 0.15) is 38.3 Å². The van der Waals surface area contributed by atoms with Gasteiger partial charge in [-0.25, -0.2) is 0 Å². The maximum Gasteiger partial charge on any atom is 0.387 e. The van der Waals surface area contributed by atoms with Crippen molar-refractivity contribution in [3.8, 4) is 5.75 Å². The van der Waals surface area contributed by atoms with Gasteiger partial charge in [-0.3, -0.25) is 0 Å². The minimum Gasteiger partial charge on any atom is -0.435 e. The van der Waals surface area contributed by atoms with E-state index in [2.05, 4.69) is 23.9 Å². The highest BCUT2D eigenvalue weighted by Crippen LogP contribution is 2.24. The van der Waals surface area contributed by atoms with Crippen molar-refractivity contribution in [1.29, 1.82) is 0 Å². The Morgan fingerprint density at radius 1 is 1.22 bits per heavy atom. The predicted molar refractivity (Wildman–Crippen MR) is 68.9 cm³/mol. The molecule has 1 rings (SSSR count). The third kappa shape index (κ3) is 5.00. The zero-order valence-electron chi connectivity index (χ0n) is 11.1. The number of rotatable bonds is 7. The molecule has 1 unspecified atom stereocenters. The summed E-state index contributed by atoms with van der Waals surface area (Å²) in [4.78, 5) is 0. The molecule has 4 heteroatoms. The van der Waals surface area contributed by atoms with Crippen LogP contribution in [0.3, 0.4) is 0 Å². The Morgan fingerprint density at radius 3 is 2.50 bits per heavy atom. The molecule has 0 aromatic heterocycles. The third-order valence-corrected chi connectivity index (χ3v) is 2.87. The van der Waals surface area contributed by atoms with Crippen molar-refractivity contribution in [3.63, 3.8) is 0 Å². The molecule has 0 heterocycles.